The quantitative estimate of drug-likeness (QED) is 0.0689. The van der Waals surface area contributed by atoms with Crippen LogP contribution in [0.4, 0.5) is 5.69 Å². The summed E-state index contributed by atoms with van der Waals surface area (Å²) in [5, 5.41) is 64.9. The molecular weight excluding hydrogens is 829 g/mol. The van der Waals surface area contributed by atoms with Crippen LogP contribution in [-0.2, 0) is 49.6 Å². The van der Waals surface area contributed by atoms with E-state index in [0.29, 0.717) is 0 Å². The van der Waals surface area contributed by atoms with Gasteiger partial charge in [-0.15, -0.1) is 0 Å². The lowest BCUT2D eigenvalue weighted by molar-refractivity contribution is -0.385. The molecule has 324 valence electrons. The van der Waals surface area contributed by atoms with Gasteiger partial charge in [0, 0.05) is 37.0 Å². The van der Waals surface area contributed by atoms with E-state index in [-0.39, 0.29) is 23.5 Å². The van der Waals surface area contributed by atoms with Gasteiger partial charge < -0.3 is 68.7 Å². The van der Waals surface area contributed by atoms with Crippen LogP contribution in [0.15, 0.2) is 18.2 Å². The standard InChI is InChI=1S/C32H44N10O15S2/c1-13(43)26-32(55)39-19(27(34)50)12-59-58-11-16(33)28(51)38-18(7-25(48)49)30(53)35-8-23(46)37-17(4-14-2-3-22(45)20(5-14)42(56)57)29(52)36-9-24(47)41-10-15(44)6-21(41)31(54)40-26/h2-3,5,13,15-19,21,26,43-45H,4,6-12,33H2,1H3,(H2,34,50)(H,35,53)(H,36,52)(H,37,46)(H,38,51)(H,39,55)(H,40,54)(H,48,49)/t13-,15?,16-,17+,18-,19-,21+,26+/m1/s1. The van der Waals surface area contributed by atoms with Crippen molar-refractivity contribution >= 4 is 80.5 Å². The lowest BCUT2D eigenvalue weighted by atomic mass is 10.0. The molecule has 14 N–H and O–H groups in total. The number of nitro benzene ring substituents is 1. The van der Waals surface area contributed by atoms with Crippen molar-refractivity contribution in [2.24, 2.45) is 11.5 Å². The molecule has 2 aliphatic rings. The molecule has 8 atom stereocenters. The Labute approximate surface area is 342 Å². The summed E-state index contributed by atoms with van der Waals surface area (Å²) < 4.78 is 0. The number of rotatable bonds is 7. The number of aromatic hydroxyl groups is 1. The number of nitrogens with two attached hydrogens (primary N) is 2. The Morgan fingerprint density at radius 3 is 2.20 bits per heavy atom. The lowest BCUT2D eigenvalue weighted by Gasteiger charge is -2.28. The molecule has 2 saturated heterocycles. The second-order valence-electron chi connectivity index (χ2n) is 13.3. The average Bonchev–Trinajstić information content (AvgIpc) is 3.56. The molecule has 25 nitrogen and oxygen atoms in total. The van der Waals surface area contributed by atoms with Crippen molar-refractivity contribution in [2.75, 3.05) is 31.1 Å². The molecule has 0 bridgehead atoms. The molecule has 27 heteroatoms. The van der Waals surface area contributed by atoms with E-state index in [1.165, 1.54) is 6.07 Å². The van der Waals surface area contributed by atoms with Crippen molar-refractivity contribution in [2.45, 2.75) is 74.6 Å². The van der Waals surface area contributed by atoms with Gasteiger partial charge in [-0.1, -0.05) is 27.7 Å². The van der Waals surface area contributed by atoms with Gasteiger partial charge in [0.15, 0.2) is 5.75 Å². The van der Waals surface area contributed by atoms with Crippen LogP contribution in [0.3, 0.4) is 0 Å². The van der Waals surface area contributed by atoms with Crippen molar-refractivity contribution in [1.82, 2.24) is 36.8 Å². The predicted octanol–water partition coefficient (Wildman–Crippen LogP) is -5.96. The number of carbonyl (C=O) groups excluding carboxylic acids is 8. The summed E-state index contributed by atoms with van der Waals surface area (Å²) in [5.41, 5.74) is 10.7. The lowest BCUT2D eigenvalue weighted by Crippen LogP contribution is -2.60. The van der Waals surface area contributed by atoms with Gasteiger partial charge in [0.1, 0.15) is 30.2 Å². The van der Waals surface area contributed by atoms with Crippen LogP contribution in [0.1, 0.15) is 25.3 Å². The van der Waals surface area contributed by atoms with Gasteiger partial charge in [0.05, 0.1) is 42.7 Å². The summed E-state index contributed by atoms with van der Waals surface area (Å²) in [4.78, 5) is 127. The van der Waals surface area contributed by atoms with E-state index >= 15 is 0 Å². The average molecular weight is 873 g/mol. The smallest absolute Gasteiger partial charge is 0.310 e. The Hall–Kier alpha value is -5.77. The van der Waals surface area contributed by atoms with Crippen LogP contribution in [0.2, 0.25) is 0 Å². The molecule has 0 radical (unpaired) electrons. The van der Waals surface area contributed by atoms with Crippen LogP contribution in [0, 0.1) is 10.1 Å². The summed E-state index contributed by atoms with van der Waals surface area (Å²) in [7, 11) is 1.86. The Balaban J connectivity index is 1.95. The fraction of sp³-hybridized carbons (Fsp3) is 0.531. The number of phenolic OH excluding ortho intramolecular Hbond substituents is 1. The zero-order valence-corrected chi connectivity index (χ0v) is 32.8. The fourth-order valence-corrected chi connectivity index (χ4v) is 7.94. The highest BCUT2D eigenvalue weighted by Gasteiger charge is 2.41. The number of benzene rings is 1. The molecule has 59 heavy (non-hydrogen) atoms. The SMILES string of the molecule is C[C@@H](O)[C@@H]1NC(=O)[C@@H]2CC(O)CN2C(=O)CNC(=O)[C@H](Cc2ccc(O)c([N+](=O)[O-])c2)NC(=O)CNC(=O)[C@@H](CC(=O)O)NC(=O)[C@H](N)CSSC[C@H](C(N)=O)NC1=O. The predicted molar refractivity (Wildman–Crippen MR) is 204 cm³/mol. The first-order valence-corrected chi connectivity index (χ1v) is 20.1. The Morgan fingerprint density at radius 1 is 0.932 bits per heavy atom. The molecule has 1 aromatic carbocycles. The monoisotopic (exact) mass is 872 g/mol. The minimum absolute atomic E-state index is 0.0420. The normalized spacial score (nSPS) is 26.8. The number of hydrogen-bond acceptors (Lipinski definition) is 17. The van der Waals surface area contributed by atoms with E-state index in [1.54, 1.807) is 0 Å². The van der Waals surface area contributed by atoms with Gasteiger partial charge in [-0.25, -0.2) is 0 Å². The van der Waals surface area contributed by atoms with Crippen molar-refractivity contribution in [1.29, 1.82) is 0 Å². The Morgan fingerprint density at radius 2 is 1.58 bits per heavy atom. The number of nitrogens with zero attached hydrogens (tertiary/aromatic N) is 2. The van der Waals surface area contributed by atoms with Crippen molar-refractivity contribution in [3.8, 4) is 5.75 Å². The molecule has 2 aliphatic heterocycles. The zero-order chi connectivity index (χ0) is 44.1. The number of nitrogens with one attached hydrogen (secondary N) is 6. The molecule has 0 aromatic heterocycles. The fourth-order valence-electron chi connectivity index (χ4n) is 5.64. The first kappa shape index (κ1) is 47.6. The van der Waals surface area contributed by atoms with Crippen molar-refractivity contribution < 1.29 is 68.5 Å². The molecule has 0 saturated carbocycles. The van der Waals surface area contributed by atoms with Crippen LogP contribution in [0.25, 0.3) is 0 Å². The number of carboxylic acid groups (broad SMARTS) is 1. The van der Waals surface area contributed by atoms with Gasteiger partial charge in [0.2, 0.25) is 47.3 Å². The molecular formula is C32H44N10O15S2. The maximum absolute atomic E-state index is 13.5. The topological polar surface area (TPSA) is 405 Å². The summed E-state index contributed by atoms with van der Waals surface area (Å²) in [6, 6.07) is -6.16. The van der Waals surface area contributed by atoms with E-state index in [4.69, 9.17) is 11.5 Å². The van der Waals surface area contributed by atoms with E-state index in [9.17, 15) is 73.7 Å². The Bertz CT molecular complexity index is 1820. The van der Waals surface area contributed by atoms with Crippen LogP contribution in [-0.4, -0.2) is 163 Å². The summed E-state index contributed by atoms with van der Waals surface area (Å²) in [6.45, 7) is -0.989. The van der Waals surface area contributed by atoms with Gasteiger partial charge in [-0.2, -0.15) is 0 Å². The van der Waals surface area contributed by atoms with Gasteiger partial charge in [-0.3, -0.25) is 53.3 Å². The number of primary amides is 1. The van der Waals surface area contributed by atoms with Crippen molar-refractivity contribution in [3.63, 3.8) is 0 Å². The van der Waals surface area contributed by atoms with Crippen LogP contribution >= 0.6 is 21.6 Å². The number of aliphatic carboxylic acids is 1. The number of aliphatic hydroxyl groups is 2. The van der Waals surface area contributed by atoms with Gasteiger partial charge >= 0.3 is 11.7 Å². The number of carbonyl (C=O) groups is 9. The summed E-state index contributed by atoms with van der Waals surface area (Å²) in [5.74, 6) is -10.9. The summed E-state index contributed by atoms with van der Waals surface area (Å²) in [6.07, 6.45) is -4.57. The highest BCUT2D eigenvalue weighted by atomic mass is 33.1. The van der Waals surface area contributed by atoms with Gasteiger partial charge in [0.25, 0.3) is 0 Å². The molecule has 0 spiro atoms. The maximum atomic E-state index is 13.5. The van der Waals surface area contributed by atoms with Crippen LogP contribution < -0.4 is 43.4 Å². The molecule has 2 heterocycles. The molecule has 1 unspecified atom stereocenters. The minimum Gasteiger partial charge on any atom is -0.502 e. The van der Waals surface area contributed by atoms with Gasteiger partial charge in [-0.05, 0) is 18.6 Å². The molecule has 1 aromatic rings. The third kappa shape index (κ3) is 14.2. The second-order valence-corrected chi connectivity index (χ2v) is 15.9. The number of aliphatic hydroxyl groups excluding tert-OH is 2. The molecule has 3 rings (SSSR count). The number of amides is 8. The number of phenols is 1. The third-order valence-electron chi connectivity index (χ3n) is 8.70. The Kier molecular flexibility index (Phi) is 17.6. The second kappa shape index (κ2) is 21.8. The van der Waals surface area contributed by atoms with Crippen molar-refractivity contribution in [3.05, 3.63) is 33.9 Å². The maximum Gasteiger partial charge on any atom is 0.310 e. The van der Waals surface area contributed by atoms with E-state index in [1.807, 2.05) is 0 Å². The number of carboxylic acids is 1. The first-order chi connectivity index (χ1) is 27.7. The molecule has 0 aliphatic carbocycles. The first-order valence-electron chi connectivity index (χ1n) is 17.6. The minimum atomic E-state index is -1.75. The highest BCUT2D eigenvalue weighted by Crippen LogP contribution is 2.27. The van der Waals surface area contributed by atoms with Crippen LogP contribution in [0.5, 0.6) is 5.75 Å². The molecule has 8 amide bonds. The van der Waals surface area contributed by atoms with E-state index in [2.05, 4.69) is 31.9 Å². The largest absolute Gasteiger partial charge is 0.502 e. The van der Waals surface area contributed by atoms with E-state index < -0.39 is 151 Å². The van der Waals surface area contributed by atoms with E-state index in [0.717, 1.165) is 45.5 Å². The highest BCUT2D eigenvalue weighted by molar-refractivity contribution is 8.76. The number of nitro groups is 1. The molecule has 2 fully saturated rings. The third-order valence-corrected chi connectivity index (χ3v) is 11.2. The zero-order valence-electron chi connectivity index (χ0n) is 31.2. The number of fused-ring (bicyclic) bond motifs is 1. The number of hydrogen-bond donors (Lipinski definition) is 12. The summed E-state index contributed by atoms with van der Waals surface area (Å²) >= 11 is 0.